The molecule has 0 aliphatic heterocycles. The fourth-order valence-corrected chi connectivity index (χ4v) is 1.62. The number of carbonyl (C=O) groups is 1. The lowest BCUT2D eigenvalue weighted by Gasteiger charge is -2.35. The molecule has 0 radical (unpaired) electrons. The van der Waals surface area contributed by atoms with E-state index in [1.165, 1.54) is 0 Å². The molecule has 0 saturated heterocycles. The maximum absolute atomic E-state index is 11.4. The molecule has 100 valence electrons. The van der Waals surface area contributed by atoms with Crippen molar-refractivity contribution in [2.75, 3.05) is 20.2 Å². The van der Waals surface area contributed by atoms with Gasteiger partial charge in [0.15, 0.2) is 0 Å². The van der Waals surface area contributed by atoms with Crippen molar-refractivity contribution in [3.05, 3.63) is 0 Å². The van der Waals surface area contributed by atoms with E-state index in [2.05, 4.69) is 10.6 Å². The quantitative estimate of drug-likeness (QED) is 0.715. The smallest absolute Gasteiger partial charge is 0.407 e. The van der Waals surface area contributed by atoms with Gasteiger partial charge in [0, 0.05) is 12.6 Å². The second-order valence-corrected chi connectivity index (χ2v) is 5.41. The van der Waals surface area contributed by atoms with E-state index in [1.54, 1.807) is 0 Å². The van der Waals surface area contributed by atoms with E-state index in [0.29, 0.717) is 0 Å². The molecule has 1 amide bonds. The molecule has 1 rings (SSSR count). The summed E-state index contributed by atoms with van der Waals surface area (Å²) in [6.45, 7) is 7.16. The average molecular weight is 244 g/mol. The van der Waals surface area contributed by atoms with Crippen molar-refractivity contribution in [2.45, 2.75) is 51.4 Å². The highest BCUT2D eigenvalue weighted by Gasteiger charge is 2.32. The first kappa shape index (κ1) is 14.3. The molecular weight excluding hydrogens is 220 g/mol. The van der Waals surface area contributed by atoms with Gasteiger partial charge in [-0.15, -0.1) is 0 Å². The lowest BCUT2D eigenvalue weighted by atomic mass is 9.89. The highest BCUT2D eigenvalue weighted by Crippen LogP contribution is 2.23. The number of nitrogens with one attached hydrogen (secondary N) is 2. The summed E-state index contributed by atoms with van der Waals surface area (Å²) in [5.74, 6) is 0. The van der Waals surface area contributed by atoms with E-state index >= 15 is 0 Å². The lowest BCUT2D eigenvalue weighted by Crippen LogP contribution is -2.49. The number of hydrogen-bond acceptors (Lipinski definition) is 4. The summed E-state index contributed by atoms with van der Waals surface area (Å²) in [5.41, 5.74) is -0.434. The molecule has 0 spiro atoms. The molecule has 0 aromatic carbocycles. The molecule has 0 unspecified atom stereocenters. The number of likely N-dealkylation sites (N-methyl/N-ethyl adjacent to an activating group) is 1. The standard InChI is InChI=1S/C12H24N2O3/c1-12(2,3)17-11(15)14-9-7-10(8-9)16-6-5-13-4/h9-10,13H,5-8H2,1-4H3,(H,14,15). The van der Waals surface area contributed by atoms with Crippen molar-refractivity contribution in [1.82, 2.24) is 10.6 Å². The summed E-state index contributed by atoms with van der Waals surface area (Å²) in [6, 6.07) is 0.199. The summed E-state index contributed by atoms with van der Waals surface area (Å²) in [6.07, 6.45) is 1.70. The molecule has 0 heterocycles. The molecule has 0 aromatic heterocycles. The van der Waals surface area contributed by atoms with Crippen LogP contribution in [0.25, 0.3) is 0 Å². The van der Waals surface area contributed by atoms with E-state index in [1.807, 2.05) is 27.8 Å². The van der Waals surface area contributed by atoms with Gasteiger partial charge in [0.1, 0.15) is 5.60 Å². The number of hydrogen-bond donors (Lipinski definition) is 2. The normalized spacial score (nSPS) is 24.0. The van der Waals surface area contributed by atoms with Gasteiger partial charge in [-0.05, 0) is 40.7 Å². The third kappa shape index (κ3) is 5.89. The number of ether oxygens (including phenoxy) is 2. The molecule has 0 atom stereocenters. The summed E-state index contributed by atoms with van der Waals surface area (Å²) in [7, 11) is 1.90. The zero-order valence-electron chi connectivity index (χ0n) is 11.2. The minimum atomic E-state index is -0.434. The fourth-order valence-electron chi connectivity index (χ4n) is 1.62. The van der Waals surface area contributed by atoms with Crippen LogP contribution in [0.15, 0.2) is 0 Å². The predicted molar refractivity (Wildman–Crippen MR) is 66.1 cm³/mol. The van der Waals surface area contributed by atoms with Crippen molar-refractivity contribution in [3.63, 3.8) is 0 Å². The summed E-state index contributed by atoms with van der Waals surface area (Å²) in [5, 5.41) is 5.86. The van der Waals surface area contributed by atoms with Gasteiger partial charge in [0.2, 0.25) is 0 Å². The monoisotopic (exact) mass is 244 g/mol. The van der Waals surface area contributed by atoms with Crippen LogP contribution in [0.1, 0.15) is 33.6 Å². The Kier molecular flexibility index (Phi) is 5.21. The molecule has 1 aliphatic carbocycles. The molecule has 0 aromatic rings. The first-order valence-corrected chi connectivity index (χ1v) is 6.16. The Hall–Kier alpha value is -0.810. The maximum Gasteiger partial charge on any atom is 0.407 e. The Morgan fingerprint density at radius 2 is 2.00 bits per heavy atom. The minimum Gasteiger partial charge on any atom is -0.444 e. The highest BCUT2D eigenvalue weighted by molar-refractivity contribution is 5.68. The number of alkyl carbamates (subject to hydrolysis) is 1. The van der Waals surface area contributed by atoms with E-state index in [9.17, 15) is 4.79 Å². The molecule has 5 nitrogen and oxygen atoms in total. The SMILES string of the molecule is CNCCOC1CC(NC(=O)OC(C)(C)C)C1. The molecule has 1 fully saturated rings. The topological polar surface area (TPSA) is 59.6 Å². The number of amides is 1. The summed E-state index contributed by atoms with van der Waals surface area (Å²) >= 11 is 0. The van der Waals surface area contributed by atoms with Crippen molar-refractivity contribution in [1.29, 1.82) is 0 Å². The van der Waals surface area contributed by atoms with Gasteiger partial charge in [0.25, 0.3) is 0 Å². The van der Waals surface area contributed by atoms with Crippen molar-refractivity contribution >= 4 is 6.09 Å². The maximum atomic E-state index is 11.4. The van der Waals surface area contributed by atoms with E-state index < -0.39 is 5.60 Å². The fraction of sp³-hybridized carbons (Fsp3) is 0.917. The van der Waals surface area contributed by atoms with Crippen molar-refractivity contribution in [2.24, 2.45) is 0 Å². The van der Waals surface area contributed by atoms with Crippen molar-refractivity contribution in [3.8, 4) is 0 Å². The molecule has 17 heavy (non-hydrogen) atoms. The first-order chi connectivity index (χ1) is 7.90. The van der Waals surface area contributed by atoms with Crippen LogP contribution < -0.4 is 10.6 Å². The third-order valence-electron chi connectivity index (χ3n) is 2.52. The first-order valence-electron chi connectivity index (χ1n) is 6.16. The van der Waals surface area contributed by atoms with Crippen LogP contribution in [0.3, 0.4) is 0 Å². The third-order valence-corrected chi connectivity index (χ3v) is 2.52. The lowest BCUT2D eigenvalue weighted by molar-refractivity contribution is -0.0179. The zero-order valence-corrected chi connectivity index (χ0v) is 11.2. The van der Waals surface area contributed by atoms with Crippen LogP contribution in [0.2, 0.25) is 0 Å². The van der Waals surface area contributed by atoms with Gasteiger partial charge in [-0.3, -0.25) is 0 Å². The Bertz CT molecular complexity index is 245. The van der Waals surface area contributed by atoms with Crippen LogP contribution in [0, 0.1) is 0 Å². The predicted octanol–water partition coefficient (Wildman–Crippen LogP) is 1.28. The minimum absolute atomic E-state index is 0.199. The van der Waals surface area contributed by atoms with Gasteiger partial charge in [-0.1, -0.05) is 0 Å². The summed E-state index contributed by atoms with van der Waals surface area (Å²) in [4.78, 5) is 11.4. The molecular formula is C12H24N2O3. The van der Waals surface area contributed by atoms with Crippen molar-refractivity contribution < 1.29 is 14.3 Å². The van der Waals surface area contributed by atoms with E-state index in [-0.39, 0.29) is 18.2 Å². The molecule has 1 aliphatic rings. The number of carbonyl (C=O) groups excluding carboxylic acids is 1. The molecule has 0 bridgehead atoms. The van der Waals surface area contributed by atoms with Crippen LogP contribution in [0.5, 0.6) is 0 Å². The van der Waals surface area contributed by atoms with Gasteiger partial charge >= 0.3 is 6.09 Å². The van der Waals surface area contributed by atoms with Crippen LogP contribution in [-0.4, -0.2) is 44.0 Å². The zero-order chi connectivity index (χ0) is 12.9. The molecule has 2 N–H and O–H groups in total. The Morgan fingerprint density at radius 1 is 1.35 bits per heavy atom. The van der Waals surface area contributed by atoms with Gasteiger partial charge in [-0.25, -0.2) is 4.79 Å². The average Bonchev–Trinajstić information content (AvgIpc) is 2.10. The van der Waals surface area contributed by atoms with Crippen LogP contribution in [-0.2, 0) is 9.47 Å². The van der Waals surface area contributed by atoms with Crippen LogP contribution >= 0.6 is 0 Å². The Balaban J connectivity index is 2.07. The second kappa shape index (κ2) is 6.21. The van der Waals surface area contributed by atoms with Crippen LogP contribution in [0.4, 0.5) is 4.79 Å². The largest absolute Gasteiger partial charge is 0.444 e. The van der Waals surface area contributed by atoms with Gasteiger partial charge < -0.3 is 20.1 Å². The highest BCUT2D eigenvalue weighted by atomic mass is 16.6. The second-order valence-electron chi connectivity index (χ2n) is 5.41. The Morgan fingerprint density at radius 3 is 2.53 bits per heavy atom. The van der Waals surface area contributed by atoms with Gasteiger partial charge in [0.05, 0.1) is 12.7 Å². The van der Waals surface area contributed by atoms with E-state index in [4.69, 9.17) is 9.47 Å². The number of rotatable bonds is 5. The van der Waals surface area contributed by atoms with Gasteiger partial charge in [-0.2, -0.15) is 0 Å². The van der Waals surface area contributed by atoms with E-state index in [0.717, 1.165) is 26.0 Å². The summed E-state index contributed by atoms with van der Waals surface area (Å²) < 4.78 is 10.8. The Labute approximate surface area is 103 Å². The molecule has 1 saturated carbocycles. The molecule has 5 heteroatoms.